The minimum atomic E-state index is -2.73. The fourth-order valence-corrected chi connectivity index (χ4v) is 5.02. The number of carbonyl (C=O) groups excluding carboxylic acids is 1. The smallest absolute Gasteiger partial charge is 0.260 e. The molecule has 35 heavy (non-hydrogen) atoms. The fraction of sp³-hybridized carbons (Fsp3) is 0.423. The van der Waals surface area contributed by atoms with Gasteiger partial charge in [0.05, 0.1) is 19.6 Å². The van der Waals surface area contributed by atoms with Crippen LogP contribution in [0.25, 0.3) is 0 Å². The lowest BCUT2D eigenvalue weighted by Gasteiger charge is -2.43. The van der Waals surface area contributed by atoms with Crippen LogP contribution in [-0.4, -0.2) is 72.0 Å². The molecule has 5 rings (SSSR count). The number of rotatable bonds is 5. The first-order valence-corrected chi connectivity index (χ1v) is 12.0. The second-order valence-electron chi connectivity index (χ2n) is 9.57. The van der Waals surface area contributed by atoms with Gasteiger partial charge in [-0.2, -0.15) is 0 Å². The van der Waals surface area contributed by atoms with Crippen LogP contribution in [0.5, 0.6) is 0 Å². The average Bonchev–Trinajstić information content (AvgIpc) is 3.18. The van der Waals surface area contributed by atoms with Crippen molar-refractivity contribution in [2.75, 3.05) is 49.5 Å². The highest BCUT2D eigenvalue weighted by atomic mass is 19.3. The minimum absolute atomic E-state index is 0.000754. The largest absolute Gasteiger partial charge is 0.341 e. The average molecular weight is 486 g/mol. The van der Waals surface area contributed by atoms with Crippen molar-refractivity contribution in [3.63, 3.8) is 0 Å². The highest BCUT2D eigenvalue weighted by Crippen LogP contribution is 2.32. The molecule has 186 valence electrons. The van der Waals surface area contributed by atoms with Crippen LogP contribution in [0.2, 0.25) is 0 Å². The molecular formula is C26H30F3N5O. The number of carbonyl (C=O) groups is 1. The molecule has 0 saturated carbocycles. The Kier molecular flexibility index (Phi) is 6.35. The van der Waals surface area contributed by atoms with Crippen LogP contribution in [-0.2, 0) is 4.79 Å². The summed E-state index contributed by atoms with van der Waals surface area (Å²) in [6.45, 7) is 3.69. The molecule has 3 aliphatic heterocycles. The van der Waals surface area contributed by atoms with Gasteiger partial charge in [0.15, 0.2) is 0 Å². The second-order valence-corrected chi connectivity index (χ2v) is 9.57. The SMILES string of the molecule is Cc1ccc(NC2=CN(c3ccc(F)cc3)C3CN(C(=O)CN4CCCC(F)(F)C4)CCN23)cc1. The first-order valence-electron chi connectivity index (χ1n) is 12.0. The second kappa shape index (κ2) is 9.45. The minimum Gasteiger partial charge on any atom is -0.341 e. The molecule has 0 bridgehead atoms. The van der Waals surface area contributed by atoms with Crippen LogP contribution in [0.4, 0.5) is 24.5 Å². The summed E-state index contributed by atoms with van der Waals surface area (Å²) in [6.07, 6.45) is 2.08. The van der Waals surface area contributed by atoms with Crippen molar-refractivity contribution >= 4 is 17.3 Å². The summed E-state index contributed by atoms with van der Waals surface area (Å²) in [7, 11) is 0. The van der Waals surface area contributed by atoms with E-state index in [4.69, 9.17) is 0 Å². The van der Waals surface area contributed by atoms with Gasteiger partial charge in [0, 0.05) is 37.1 Å². The van der Waals surface area contributed by atoms with Gasteiger partial charge in [-0.1, -0.05) is 17.7 Å². The van der Waals surface area contributed by atoms with Crippen molar-refractivity contribution in [2.24, 2.45) is 0 Å². The van der Waals surface area contributed by atoms with Crippen molar-refractivity contribution in [3.05, 3.63) is 71.9 Å². The molecule has 1 atom stereocenters. The summed E-state index contributed by atoms with van der Waals surface area (Å²) in [4.78, 5) is 20.6. The highest BCUT2D eigenvalue weighted by molar-refractivity contribution is 5.78. The van der Waals surface area contributed by atoms with Gasteiger partial charge >= 0.3 is 0 Å². The topological polar surface area (TPSA) is 42.1 Å². The predicted molar refractivity (Wildman–Crippen MR) is 129 cm³/mol. The quantitative estimate of drug-likeness (QED) is 0.692. The number of alkyl halides is 2. The number of piperidine rings is 1. The summed E-state index contributed by atoms with van der Waals surface area (Å²) in [5, 5.41) is 3.47. The van der Waals surface area contributed by atoms with Gasteiger partial charge in [0.1, 0.15) is 17.8 Å². The number of amides is 1. The van der Waals surface area contributed by atoms with Crippen molar-refractivity contribution in [1.82, 2.24) is 14.7 Å². The molecule has 0 aliphatic carbocycles. The zero-order chi connectivity index (χ0) is 24.6. The molecule has 2 aromatic rings. The third-order valence-electron chi connectivity index (χ3n) is 6.88. The number of nitrogens with one attached hydrogen (secondary N) is 1. The number of aryl methyl sites for hydroxylation is 1. The molecule has 1 amide bonds. The third-order valence-corrected chi connectivity index (χ3v) is 6.88. The number of hydrogen-bond donors (Lipinski definition) is 1. The number of nitrogens with zero attached hydrogens (tertiary/aromatic N) is 4. The van der Waals surface area contributed by atoms with Gasteiger partial charge in [-0.05, 0) is 56.3 Å². The molecule has 0 spiro atoms. The Labute approximate surface area is 203 Å². The van der Waals surface area contributed by atoms with Crippen LogP contribution in [0.1, 0.15) is 18.4 Å². The molecule has 1 unspecified atom stereocenters. The number of fused-ring (bicyclic) bond motifs is 1. The number of benzene rings is 2. The van der Waals surface area contributed by atoms with Crippen molar-refractivity contribution in [3.8, 4) is 0 Å². The normalized spacial score (nSPS) is 22.1. The molecule has 0 radical (unpaired) electrons. The van der Waals surface area contributed by atoms with Gasteiger partial charge in [0.25, 0.3) is 5.92 Å². The van der Waals surface area contributed by atoms with Gasteiger partial charge in [-0.3, -0.25) is 9.69 Å². The van der Waals surface area contributed by atoms with E-state index in [1.165, 1.54) is 17.7 Å². The summed E-state index contributed by atoms with van der Waals surface area (Å²) in [6, 6.07) is 14.4. The Morgan fingerprint density at radius 2 is 1.80 bits per heavy atom. The van der Waals surface area contributed by atoms with Gasteiger partial charge < -0.3 is 20.0 Å². The Morgan fingerprint density at radius 3 is 2.51 bits per heavy atom. The molecule has 2 fully saturated rings. The maximum atomic E-state index is 13.8. The predicted octanol–water partition coefficient (Wildman–Crippen LogP) is 4.07. The lowest BCUT2D eigenvalue weighted by Crippen LogP contribution is -2.59. The maximum absolute atomic E-state index is 13.8. The van der Waals surface area contributed by atoms with Crippen molar-refractivity contribution in [1.29, 1.82) is 0 Å². The van der Waals surface area contributed by atoms with E-state index in [1.54, 1.807) is 21.9 Å². The van der Waals surface area contributed by atoms with Crippen LogP contribution in [0, 0.1) is 12.7 Å². The van der Waals surface area contributed by atoms with E-state index in [9.17, 15) is 18.0 Å². The molecule has 2 aromatic carbocycles. The number of hydrogen-bond acceptors (Lipinski definition) is 5. The van der Waals surface area contributed by atoms with Gasteiger partial charge in [0.2, 0.25) is 5.91 Å². The van der Waals surface area contributed by atoms with Gasteiger partial charge in [-0.25, -0.2) is 13.2 Å². The van der Waals surface area contributed by atoms with E-state index < -0.39 is 5.92 Å². The molecule has 9 heteroatoms. The van der Waals surface area contributed by atoms with E-state index in [1.807, 2.05) is 42.3 Å². The van der Waals surface area contributed by atoms with Crippen LogP contribution < -0.4 is 10.2 Å². The monoisotopic (exact) mass is 485 g/mol. The van der Waals surface area contributed by atoms with E-state index in [0.29, 0.717) is 32.6 Å². The van der Waals surface area contributed by atoms with E-state index in [2.05, 4.69) is 10.2 Å². The summed E-state index contributed by atoms with van der Waals surface area (Å²) < 4.78 is 41.2. The molecular weight excluding hydrogens is 455 g/mol. The number of piperazine rings is 1. The highest BCUT2D eigenvalue weighted by Gasteiger charge is 2.40. The Morgan fingerprint density at radius 1 is 1.06 bits per heavy atom. The first-order chi connectivity index (χ1) is 16.8. The molecule has 0 aromatic heterocycles. The first kappa shape index (κ1) is 23.5. The van der Waals surface area contributed by atoms with Crippen LogP contribution in [0.3, 0.4) is 0 Å². The Hall–Kier alpha value is -3.20. The third kappa shape index (κ3) is 5.24. The van der Waals surface area contributed by atoms with Crippen LogP contribution >= 0.6 is 0 Å². The van der Waals surface area contributed by atoms with Crippen molar-refractivity contribution in [2.45, 2.75) is 31.9 Å². The van der Waals surface area contributed by atoms with E-state index in [0.717, 1.165) is 17.2 Å². The summed E-state index contributed by atoms with van der Waals surface area (Å²) in [5.74, 6) is -2.29. The molecule has 6 nitrogen and oxygen atoms in total. The van der Waals surface area contributed by atoms with Crippen LogP contribution in [0.15, 0.2) is 60.6 Å². The molecule has 3 heterocycles. The standard InChI is InChI=1S/C26H30F3N5O/c1-19-3-7-21(8-4-19)30-23-15-34(22-9-5-20(27)6-10-22)24-16-32(13-14-33(23)24)25(35)17-31-12-2-11-26(28,29)18-31/h3-10,15,24,30H,2,11-14,16-18H2,1H3. The lowest BCUT2D eigenvalue weighted by atomic mass is 10.1. The number of halogens is 3. The Balaban J connectivity index is 1.33. The molecule has 2 saturated heterocycles. The number of likely N-dealkylation sites (tertiary alicyclic amines) is 1. The maximum Gasteiger partial charge on any atom is 0.260 e. The van der Waals surface area contributed by atoms with Crippen molar-refractivity contribution < 1.29 is 18.0 Å². The summed E-state index contributed by atoms with van der Waals surface area (Å²) >= 11 is 0. The van der Waals surface area contributed by atoms with E-state index in [-0.39, 0.29) is 37.4 Å². The molecule has 3 aliphatic rings. The number of anilines is 2. The Bertz CT molecular complexity index is 1090. The zero-order valence-electron chi connectivity index (χ0n) is 19.8. The lowest BCUT2D eigenvalue weighted by molar-refractivity contribution is -0.137. The summed E-state index contributed by atoms with van der Waals surface area (Å²) in [5.41, 5.74) is 2.93. The van der Waals surface area contributed by atoms with Gasteiger partial charge in [-0.15, -0.1) is 0 Å². The zero-order valence-corrected chi connectivity index (χ0v) is 19.8. The fourth-order valence-electron chi connectivity index (χ4n) is 5.02. The molecule has 1 N–H and O–H groups in total. The van der Waals surface area contributed by atoms with E-state index >= 15 is 0 Å².